The quantitative estimate of drug-likeness (QED) is 0.379. The standard InChI is InChI=1S/C15H25N5O/c1-4-12(3)19-7-9-20(10-8-19)15-13(14(16)18-21)11(2)5-6-17-15/h5-6,12,21H,4,7-10H2,1-3H3,(H2,16,18). The third-order valence-corrected chi connectivity index (χ3v) is 4.33. The maximum atomic E-state index is 8.99. The molecule has 0 bridgehead atoms. The Hall–Kier alpha value is -1.82. The van der Waals surface area contributed by atoms with Gasteiger partial charge >= 0.3 is 0 Å². The van der Waals surface area contributed by atoms with Crippen molar-refractivity contribution in [1.29, 1.82) is 0 Å². The first kappa shape index (κ1) is 15.6. The van der Waals surface area contributed by atoms with Crippen LogP contribution in [0.3, 0.4) is 0 Å². The van der Waals surface area contributed by atoms with Crippen LogP contribution in [-0.4, -0.2) is 53.1 Å². The molecule has 0 saturated carbocycles. The lowest BCUT2D eigenvalue weighted by Gasteiger charge is -2.39. The van der Waals surface area contributed by atoms with Crippen molar-refractivity contribution >= 4 is 11.7 Å². The van der Waals surface area contributed by atoms with Crippen LogP contribution in [-0.2, 0) is 0 Å². The molecule has 0 amide bonds. The molecule has 3 N–H and O–H groups in total. The van der Waals surface area contributed by atoms with E-state index in [0.29, 0.717) is 6.04 Å². The summed E-state index contributed by atoms with van der Waals surface area (Å²) in [6.07, 6.45) is 2.94. The molecule has 0 aromatic carbocycles. The van der Waals surface area contributed by atoms with Crippen molar-refractivity contribution in [3.8, 4) is 0 Å². The van der Waals surface area contributed by atoms with E-state index in [1.165, 1.54) is 0 Å². The molecule has 2 rings (SSSR count). The van der Waals surface area contributed by atoms with Gasteiger partial charge in [0, 0.05) is 38.4 Å². The number of hydrogen-bond donors (Lipinski definition) is 2. The van der Waals surface area contributed by atoms with E-state index in [4.69, 9.17) is 10.9 Å². The molecule has 0 radical (unpaired) electrons. The van der Waals surface area contributed by atoms with Gasteiger partial charge in [-0.3, -0.25) is 4.90 Å². The molecule has 6 nitrogen and oxygen atoms in total. The van der Waals surface area contributed by atoms with Gasteiger partial charge in [-0.15, -0.1) is 0 Å². The van der Waals surface area contributed by atoms with Crippen LogP contribution in [0.25, 0.3) is 0 Å². The molecule has 6 heteroatoms. The highest BCUT2D eigenvalue weighted by Gasteiger charge is 2.24. The van der Waals surface area contributed by atoms with Gasteiger partial charge in [0.15, 0.2) is 5.84 Å². The molecule has 1 aliphatic rings. The van der Waals surface area contributed by atoms with Crippen molar-refractivity contribution in [3.05, 3.63) is 23.4 Å². The van der Waals surface area contributed by atoms with Crippen molar-refractivity contribution in [2.45, 2.75) is 33.2 Å². The first-order chi connectivity index (χ1) is 10.1. The van der Waals surface area contributed by atoms with Gasteiger partial charge in [0.05, 0.1) is 5.56 Å². The Labute approximate surface area is 126 Å². The largest absolute Gasteiger partial charge is 0.409 e. The van der Waals surface area contributed by atoms with Crippen LogP contribution < -0.4 is 10.6 Å². The molecule has 2 heterocycles. The van der Waals surface area contributed by atoms with Crippen molar-refractivity contribution in [3.63, 3.8) is 0 Å². The van der Waals surface area contributed by atoms with Gasteiger partial charge in [0.2, 0.25) is 0 Å². The van der Waals surface area contributed by atoms with Gasteiger partial charge in [-0.05, 0) is 31.9 Å². The number of hydrogen-bond acceptors (Lipinski definition) is 5. The fourth-order valence-electron chi connectivity index (χ4n) is 2.78. The summed E-state index contributed by atoms with van der Waals surface area (Å²) in [5.74, 6) is 0.939. The van der Waals surface area contributed by atoms with Crippen LogP contribution in [0.1, 0.15) is 31.4 Å². The summed E-state index contributed by atoms with van der Waals surface area (Å²) in [7, 11) is 0. The molecule has 116 valence electrons. The van der Waals surface area contributed by atoms with E-state index in [0.717, 1.165) is 49.5 Å². The second-order valence-corrected chi connectivity index (χ2v) is 5.59. The average molecular weight is 291 g/mol. The van der Waals surface area contributed by atoms with Crippen LogP contribution in [0.15, 0.2) is 17.4 Å². The van der Waals surface area contributed by atoms with E-state index in [2.05, 4.69) is 33.8 Å². The molecule has 1 aromatic heterocycles. The number of nitrogens with two attached hydrogens (primary N) is 1. The number of nitrogens with zero attached hydrogens (tertiary/aromatic N) is 4. The summed E-state index contributed by atoms with van der Waals surface area (Å²) in [4.78, 5) is 9.17. The van der Waals surface area contributed by atoms with E-state index < -0.39 is 0 Å². The zero-order chi connectivity index (χ0) is 15.4. The lowest BCUT2D eigenvalue weighted by Crippen LogP contribution is -2.50. The summed E-state index contributed by atoms with van der Waals surface area (Å²) in [5.41, 5.74) is 7.53. The van der Waals surface area contributed by atoms with Crippen molar-refractivity contribution in [2.75, 3.05) is 31.1 Å². The van der Waals surface area contributed by atoms with Gasteiger partial charge in [0.25, 0.3) is 0 Å². The number of rotatable bonds is 4. The number of pyridine rings is 1. The molecule has 0 spiro atoms. The zero-order valence-corrected chi connectivity index (χ0v) is 13.1. The molecule has 1 aliphatic heterocycles. The van der Waals surface area contributed by atoms with Crippen molar-refractivity contribution in [2.24, 2.45) is 10.9 Å². The summed E-state index contributed by atoms with van der Waals surface area (Å²) in [5, 5.41) is 12.1. The van der Waals surface area contributed by atoms with Gasteiger partial charge in [0.1, 0.15) is 5.82 Å². The summed E-state index contributed by atoms with van der Waals surface area (Å²) in [6.45, 7) is 10.3. The summed E-state index contributed by atoms with van der Waals surface area (Å²) >= 11 is 0. The minimum atomic E-state index is 0.125. The van der Waals surface area contributed by atoms with Crippen LogP contribution in [0.5, 0.6) is 0 Å². The molecule has 1 saturated heterocycles. The third kappa shape index (κ3) is 3.26. The van der Waals surface area contributed by atoms with Crippen LogP contribution >= 0.6 is 0 Å². The predicted octanol–water partition coefficient (Wildman–Crippen LogP) is 1.41. The third-order valence-electron chi connectivity index (χ3n) is 4.33. The zero-order valence-electron chi connectivity index (χ0n) is 13.1. The second-order valence-electron chi connectivity index (χ2n) is 5.59. The molecular formula is C15H25N5O. The highest BCUT2D eigenvalue weighted by Crippen LogP contribution is 2.22. The van der Waals surface area contributed by atoms with Gasteiger partial charge in [-0.1, -0.05) is 12.1 Å². The minimum Gasteiger partial charge on any atom is -0.409 e. The van der Waals surface area contributed by atoms with E-state index in [9.17, 15) is 0 Å². The molecule has 1 unspecified atom stereocenters. The van der Waals surface area contributed by atoms with Gasteiger partial charge < -0.3 is 15.8 Å². The second kappa shape index (κ2) is 6.76. The number of piperazine rings is 1. The molecular weight excluding hydrogens is 266 g/mol. The fraction of sp³-hybridized carbons (Fsp3) is 0.600. The topological polar surface area (TPSA) is 78.0 Å². The Morgan fingerprint density at radius 3 is 2.67 bits per heavy atom. The molecule has 1 aromatic rings. The Balaban J connectivity index is 2.19. The smallest absolute Gasteiger partial charge is 0.174 e. The number of oxime groups is 1. The van der Waals surface area contributed by atoms with E-state index in [-0.39, 0.29) is 5.84 Å². The van der Waals surface area contributed by atoms with Crippen molar-refractivity contribution in [1.82, 2.24) is 9.88 Å². The molecule has 1 fully saturated rings. The van der Waals surface area contributed by atoms with E-state index in [1.807, 2.05) is 13.0 Å². The maximum Gasteiger partial charge on any atom is 0.174 e. The highest BCUT2D eigenvalue weighted by molar-refractivity contribution is 6.02. The first-order valence-electron chi connectivity index (χ1n) is 7.51. The normalized spacial score (nSPS) is 18.8. The van der Waals surface area contributed by atoms with E-state index in [1.54, 1.807) is 6.20 Å². The molecule has 0 aliphatic carbocycles. The highest BCUT2D eigenvalue weighted by atomic mass is 16.4. The number of aryl methyl sites for hydroxylation is 1. The van der Waals surface area contributed by atoms with Crippen LogP contribution in [0.2, 0.25) is 0 Å². The Morgan fingerprint density at radius 1 is 1.43 bits per heavy atom. The fourth-order valence-corrected chi connectivity index (χ4v) is 2.78. The number of amidine groups is 1. The van der Waals surface area contributed by atoms with Crippen molar-refractivity contribution < 1.29 is 5.21 Å². The Morgan fingerprint density at radius 2 is 2.10 bits per heavy atom. The lowest BCUT2D eigenvalue weighted by molar-refractivity contribution is 0.192. The number of aromatic nitrogens is 1. The van der Waals surface area contributed by atoms with E-state index >= 15 is 0 Å². The minimum absolute atomic E-state index is 0.125. The summed E-state index contributed by atoms with van der Waals surface area (Å²) in [6, 6.07) is 2.49. The molecule has 21 heavy (non-hydrogen) atoms. The molecule has 1 atom stereocenters. The van der Waals surface area contributed by atoms with Crippen LogP contribution in [0, 0.1) is 6.92 Å². The number of anilines is 1. The first-order valence-corrected chi connectivity index (χ1v) is 7.51. The SMILES string of the molecule is CCC(C)N1CCN(c2nccc(C)c2/C(N)=N/O)CC1. The summed E-state index contributed by atoms with van der Waals surface area (Å²) < 4.78 is 0. The lowest BCUT2D eigenvalue weighted by atomic mass is 10.1. The maximum absolute atomic E-state index is 8.99. The predicted molar refractivity (Wildman–Crippen MR) is 85.0 cm³/mol. The average Bonchev–Trinajstić information content (AvgIpc) is 2.53. The van der Waals surface area contributed by atoms with Crippen LogP contribution in [0.4, 0.5) is 5.82 Å². The Kier molecular flexibility index (Phi) is 5.01. The Bertz CT molecular complexity index is 509. The van der Waals surface area contributed by atoms with Gasteiger partial charge in [-0.2, -0.15) is 0 Å². The monoisotopic (exact) mass is 291 g/mol. The van der Waals surface area contributed by atoms with Gasteiger partial charge in [-0.25, -0.2) is 4.98 Å².